The Morgan fingerprint density at radius 2 is 2.19 bits per heavy atom. The number of imidazole rings is 1. The van der Waals surface area contributed by atoms with Crippen LogP contribution in [-0.2, 0) is 9.47 Å². The molecule has 2 aliphatic rings. The number of anilines is 2. The van der Waals surface area contributed by atoms with Crippen molar-refractivity contribution in [2.75, 3.05) is 30.4 Å². The van der Waals surface area contributed by atoms with Gasteiger partial charge in [0.1, 0.15) is 37.4 Å². The lowest BCUT2D eigenvalue weighted by Crippen LogP contribution is -2.34. The molecular formula is C24H26FN7O4S. The summed E-state index contributed by atoms with van der Waals surface area (Å²) in [4.78, 5) is 19.0. The summed E-state index contributed by atoms with van der Waals surface area (Å²) in [5.41, 5.74) is 2.39. The van der Waals surface area contributed by atoms with Crippen molar-refractivity contribution in [3.8, 4) is 0 Å². The fourth-order valence-corrected chi connectivity index (χ4v) is 4.50. The van der Waals surface area contributed by atoms with Gasteiger partial charge in [-0.05, 0) is 36.0 Å². The van der Waals surface area contributed by atoms with Crippen LogP contribution < -0.4 is 10.2 Å². The predicted octanol–water partition coefficient (Wildman–Crippen LogP) is 1.91. The van der Waals surface area contributed by atoms with Gasteiger partial charge in [0.25, 0.3) is 5.17 Å². The van der Waals surface area contributed by atoms with Gasteiger partial charge in [-0.2, -0.15) is 0 Å². The van der Waals surface area contributed by atoms with Gasteiger partial charge >= 0.3 is 0 Å². The number of allylic oxidation sites excluding steroid dienone is 2. The SMILES string of the molecule is CN(CC1=CC(F)CC=C1)c1ncnc2c1ncn2[C@@H]1O[C@H](COC(=S)Nc2cccnc2)[C@@H](O)[C@H]1O. The summed E-state index contributed by atoms with van der Waals surface area (Å²) < 4.78 is 26.8. The highest BCUT2D eigenvalue weighted by atomic mass is 32.1. The summed E-state index contributed by atoms with van der Waals surface area (Å²) in [6.07, 6.45) is 6.47. The topological polar surface area (TPSA) is 131 Å². The molecule has 3 aromatic heterocycles. The van der Waals surface area contributed by atoms with E-state index in [0.29, 0.717) is 35.6 Å². The first kappa shape index (κ1) is 25.1. The first-order valence-electron chi connectivity index (χ1n) is 11.7. The minimum absolute atomic E-state index is 0.0808. The molecule has 1 aliphatic carbocycles. The van der Waals surface area contributed by atoms with Gasteiger partial charge in [-0.15, -0.1) is 0 Å². The highest BCUT2D eigenvalue weighted by Gasteiger charge is 2.45. The number of nitrogens with zero attached hydrogens (tertiary/aromatic N) is 6. The van der Waals surface area contributed by atoms with E-state index in [1.165, 1.54) is 12.7 Å². The second-order valence-corrected chi connectivity index (χ2v) is 9.16. The number of aliphatic hydroxyl groups is 2. The van der Waals surface area contributed by atoms with Gasteiger partial charge in [0.15, 0.2) is 23.2 Å². The molecule has 0 saturated carbocycles. The quantitative estimate of drug-likeness (QED) is 0.390. The first-order valence-corrected chi connectivity index (χ1v) is 12.1. The van der Waals surface area contributed by atoms with Crippen LogP contribution >= 0.6 is 12.2 Å². The van der Waals surface area contributed by atoms with Crippen molar-refractivity contribution in [2.45, 2.75) is 37.1 Å². The van der Waals surface area contributed by atoms with E-state index in [0.717, 1.165) is 5.57 Å². The van der Waals surface area contributed by atoms with E-state index in [1.54, 1.807) is 35.2 Å². The van der Waals surface area contributed by atoms with Crippen LogP contribution in [-0.4, -0.2) is 84.6 Å². The second kappa shape index (κ2) is 10.8. The van der Waals surface area contributed by atoms with Crippen molar-refractivity contribution in [1.82, 2.24) is 24.5 Å². The van der Waals surface area contributed by atoms with Gasteiger partial charge in [-0.25, -0.2) is 19.3 Å². The molecule has 1 saturated heterocycles. The van der Waals surface area contributed by atoms with Gasteiger partial charge in [0, 0.05) is 26.2 Å². The van der Waals surface area contributed by atoms with E-state index in [2.05, 4.69) is 25.3 Å². The summed E-state index contributed by atoms with van der Waals surface area (Å²) in [5, 5.41) is 24.3. The minimum atomic E-state index is -1.26. The van der Waals surface area contributed by atoms with Crippen LogP contribution in [0.15, 0.2) is 61.0 Å². The zero-order valence-corrected chi connectivity index (χ0v) is 20.7. The lowest BCUT2D eigenvalue weighted by molar-refractivity contribution is -0.0486. The number of likely N-dealkylation sites (N-methyl/N-ethyl adjacent to an activating group) is 1. The molecule has 0 aromatic carbocycles. The molecule has 1 unspecified atom stereocenters. The normalized spacial score (nSPS) is 25.2. The molecule has 3 N–H and O–H groups in total. The Hall–Kier alpha value is -3.52. The molecular weight excluding hydrogens is 501 g/mol. The van der Waals surface area contributed by atoms with E-state index in [1.807, 2.05) is 24.1 Å². The Morgan fingerprint density at radius 3 is 2.97 bits per heavy atom. The second-order valence-electron chi connectivity index (χ2n) is 8.78. The van der Waals surface area contributed by atoms with Crippen molar-refractivity contribution < 1.29 is 24.1 Å². The summed E-state index contributed by atoms with van der Waals surface area (Å²) in [7, 11) is 1.83. The van der Waals surface area contributed by atoms with Crippen LogP contribution in [0.1, 0.15) is 12.6 Å². The number of halogens is 1. The fraction of sp³-hybridized carbons (Fsp3) is 0.375. The van der Waals surface area contributed by atoms with Gasteiger partial charge in [-0.3, -0.25) is 9.55 Å². The molecule has 0 radical (unpaired) electrons. The molecule has 194 valence electrons. The number of thiocarbonyl (C=S) groups is 1. The summed E-state index contributed by atoms with van der Waals surface area (Å²) in [5.74, 6) is 0.541. The van der Waals surface area contributed by atoms with Crippen molar-refractivity contribution >= 4 is 40.1 Å². The number of fused-ring (bicyclic) bond motifs is 1. The Morgan fingerprint density at radius 1 is 1.32 bits per heavy atom. The average molecular weight is 528 g/mol. The Bertz CT molecular complexity index is 1320. The number of aromatic nitrogens is 5. The van der Waals surface area contributed by atoms with Crippen LogP contribution in [0, 0.1) is 0 Å². The van der Waals surface area contributed by atoms with E-state index < -0.39 is 30.7 Å². The van der Waals surface area contributed by atoms with E-state index in [4.69, 9.17) is 21.7 Å². The van der Waals surface area contributed by atoms with Crippen molar-refractivity contribution in [3.63, 3.8) is 0 Å². The number of hydrogen-bond donors (Lipinski definition) is 3. The summed E-state index contributed by atoms with van der Waals surface area (Å²) >= 11 is 5.19. The average Bonchev–Trinajstić information content (AvgIpc) is 3.44. The maximum Gasteiger partial charge on any atom is 0.261 e. The monoisotopic (exact) mass is 527 g/mol. The lowest BCUT2D eigenvalue weighted by Gasteiger charge is -2.21. The highest BCUT2D eigenvalue weighted by molar-refractivity contribution is 7.80. The van der Waals surface area contributed by atoms with E-state index in [-0.39, 0.29) is 11.8 Å². The molecule has 1 aliphatic heterocycles. The van der Waals surface area contributed by atoms with Crippen LogP contribution in [0.2, 0.25) is 0 Å². The van der Waals surface area contributed by atoms with Gasteiger partial charge in [0.05, 0.1) is 18.2 Å². The molecule has 1 fully saturated rings. The summed E-state index contributed by atoms with van der Waals surface area (Å²) in [6.45, 7) is 0.345. The zero-order chi connectivity index (χ0) is 25.9. The number of nitrogens with one attached hydrogen (secondary N) is 1. The predicted molar refractivity (Wildman–Crippen MR) is 138 cm³/mol. The number of alkyl halides is 1. The Balaban J connectivity index is 1.28. The van der Waals surface area contributed by atoms with Crippen LogP contribution in [0.3, 0.4) is 0 Å². The molecule has 0 spiro atoms. The van der Waals surface area contributed by atoms with Crippen molar-refractivity contribution in [1.29, 1.82) is 0 Å². The maximum atomic E-state index is 13.7. The lowest BCUT2D eigenvalue weighted by atomic mass is 10.1. The number of aliphatic hydroxyl groups excluding tert-OH is 2. The fourth-order valence-electron chi connectivity index (χ4n) is 4.31. The highest BCUT2D eigenvalue weighted by Crippen LogP contribution is 2.33. The van der Waals surface area contributed by atoms with Gasteiger partial charge in [-0.1, -0.05) is 12.2 Å². The third kappa shape index (κ3) is 5.44. The standard InChI is InChI=1S/C24H26FN7O4S/c1-31(10-14-4-2-5-15(25)8-14)21-18-22(28-12-27-21)32(13-29-18)23-20(34)19(33)17(36-23)11-35-24(37)30-16-6-3-7-26-9-16/h2-4,6-9,12-13,15,17,19-20,23,33-34H,5,10-11H2,1H3,(H,30,37)/t15?,17-,19-,20-,23-/m1/s1. The van der Waals surface area contributed by atoms with Gasteiger partial charge in [0.2, 0.25) is 0 Å². The van der Waals surface area contributed by atoms with Crippen LogP contribution in [0.25, 0.3) is 11.2 Å². The van der Waals surface area contributed by atoms with Gasteiger partial charge < -0.3 is 29.9 Å². The minimum Gasteiger partial charge on any atom is -0.468 e. The smallest absolute Gasteiger partial charge is 0.261 e. The molecule has 0 bridgehead atoms. The molecule has 37 heavy (non-hydrogen) atoms. The number of hydrogen-bond acceptors (Lipinski definition) is 10. The Labute approximate surface area is 217 Å². The molecule has 4 heterocycles. The largest absolute Gasteiger partial charge is 0.468 e. The number of rotatable bonds is 7. The molecule has 0 amide bonds. The molecule has 3 aromatic rings. The summed E-state index contributed by atoms with van der Waals surface area (Å²) in [6, 6.07) is 3.53. The molecule has 11 nitrogen and oxygen atoms in total. The zero-order valence-electron chi connectivity index (χ0n) is 19.9. The Kier molecular flexibility index (Phi) is 7.37. The van der Waals surface area contributed by atoms with E-state index >= 15 is 0 Å². The number of pyridine rings is 1. The van der Waals surface area contributed by atoms with Crippen LogP contribution in [0.5, 0.6) is 0 Å². The third-order valence-electron chi connectivity index (χ3n) is 6.11. The molecule has 5 rings (SSSR count). The molecule has 13 heteroatoms. The third-order valence-corrected chi connectivity index (χ3v) is 6.33. The molecule has 5 atom stereocenters. The first-order chi connectivity index (χ1) is 17.9. The van der Waals surface area contributed by atoms with Crippen molar-refractivity contribution in [2.24, 2.45) is 0 Å². The van der Waals surface area contributed by atoms with E-state index in [9.17, 15) is 14.6 Å². The van der Waals surface area contributed by atoms with Crippen LogP contribution in [0.4, 0.5) is 15.9 Å². The van der Waals surface area contributed by atoms with Crippen molar-refractivity contribution in [3.05, 3.63) is 61.0 Å². The maximum absolute atomic E-state index is 13.7. The number of ether oxygens (including phenoxy) is 2.